The molecule has 0 saturated carbocycles. The molecule has 1 aliphatic rings. The third kappa shape index (κ3) is 4.21. The molecule has 0 aliphatic carbocycles. The van der Waals surface area contributed by atoms with Gasteiger partial charge in [0.15, 0.2) is 5.69 Å². The lowest BCUT2D eigenvalue weighted by Crippen LogP contribution is -2.48. The Balaban J connectivity index is 1.74. The van der Waals surface area contributed by atoms with Crippen molar-refractivity contribution in [1.82, 2.24) is 15.0 Å². The molecular formula is C18H23N3O3. The fourth-order valence-corrected chi connectivity index (χ4v) is 2.93. The number of ether oxygens (including phenoxy) is 1. The number of benzene rings is 1. The Morgan fingerprint density at radius 2 is 2.00 bits per heavy atom. The Morgan fingerprint density at radius 3 is 2.67 bits per heavy atom. The van der Waals surface area contributed by atoms with Crippen molar-refractivity contribution in [1.29, 1.82) is 0 Å². The number of rotatable bonds is 6. The van der Waals surface area contributed by atoms with Crippen LogP contribution >= 0.6 is 0 Å². The molecule has 1 saturated heterocycles. The van der Waals surface area contributed by atoms with E-state index in [1.54, 1.807) is 6.07 Å². The van der Waals surface area contributed by atoms with Gasteiger partial charge in [-0.25, -0.2) is 0 Å². The van der Waals surface area contributed by atoms with Gasteiger partial charge in [0.05, 0.1) is 13.2 Å². The van der Waals surface area contributed by atoms with E-state index < -0.39 is 0 Å². The fraction of sp³-hybridized carbons (Fsp3) is 0.444. The molecule has 6 heteroatoms. The number of carbonyl (C=O) groups is 1. The molecule has 2 heterocycles. The summed E-state index contributed by atoms with van der Waals surface area (Å²) in [5.41, 5.74) is 1.45. The van der Waals surface area contributed by atoms with Gasteiger partial charge in [0.25, 0.3) is 5.91 Å². The zero-order valence-electron chi connectivity index (χ0n) is 13.9. The molecule has 1 unspecified atom stereocenters. The average Bonchev–Trinajstić information content (AvgIpc) is 3.15. The highest BCUT2D eigenvalue weighted by atomic mass is 16.5. The predicted octanol–water partition coefficient (Wildman–Crippen LogP) is 2.04. The lowest BCUT2D eigenvalue weighted by Gasteiger charge is -2.34. The number of hydrogen-bond donors (Lipinski definition) is 0. The lowest BCUT2D eigenvalue weighted by molar-refractivity contribution is 0.0226. The standard InChI is InChI=1S/C18H23N3O3/c1-15(13-20-8-11-23-12-9-20)21(14-16-5-3-2-4-6-16)18(22)17-7-10-24-19-17/h2-7,10,15H,8-9,11-14H2,1H3. The summed E-state index contributed by atoms with van der Waals surface area (Å²) in [5, 5.41) is 3.81. The highest BCUT2D eigenvalue weighted by molar-refractivity contribution is 5.92. The minimum Gasteiger partial charge on any atom is -0.379 e. The maximum Gasteiger partial charge on any atom is 0.276 e. The van der Waals surface area contributed by atoms with Crippen LogP contribution in [0.3, 0.4) is 0 Å². The summed E-state index contributed by atoms with van der Waals surface area (Å²) in [6.07, 6.45) is 1.43. The smallest absolute Gasteiger partial charge is 0.276 e. The summed E-state index contributed by atoms with van der Waals surface area (Å²) in [6, 6.07) is 11.7. The van der Waals surface area contributed by atoms with Crippen LogP contribution in [0.15, 0.2) is 47.2 Å². The van der Waals surface area contributed by atoms with Gasteiger partial charge in [-0.1, -0.05) is 35.5 Å². The number of nitrogens with zero attached hydrogens (tertiary/aromatic N) is 3. The molecule has 0 bridgehead atoms. The molecule has 1 aliphatic heterocycles. The van der Waals surface area contributed by atoms with Crippen molar-refractivity contribution >= 4 is 5.91 Å². The Kier molecular flexibility index (Phi) is 5.61. The van der Waals surface area contributed by atoms with Crippen LogP contribution < -0.4 is 0 Å². The molecule has 6 nitrogen and oxygen atoms in total. The topological polar surface area (TPSA) is 58.8 Å². The minimum absolute atomic E-state index is 0.0625. The van der Waals surface area contributed by atoms with E-state index in [-0.39, 0.29) is 11.9 Å². The first kappa shape index (κ1) is 16.7. The molecule has 0 N–H and O–H groups in total. The number of amides is 1. The van der Waals surface area contributed by atoms with Gasteiger partial charge < -0.3 is 14.2 Å². The van der Waals surface area contributed by atoms with Gasteiger partial charge in [0, 0.05) is 38.3 Å². The maximum atomic E-state index is 12.9. The van der Waals surface area contributed by atoms with Gasteiger partial charge in [0.1, 0.15) is 6.26 Å². The van der Waals surface area contributed by atoms with Gasteiger partial charge in [-0.15, -0.1) is 0 Å². The molecule has 1 amide bonds. The van der Waals surface area contributed by atoms with Crippen molar-refractivity contribution in [2.24, 2.45) is 0 Å². The zero-order valence-corrected chi connectivity index (χ0v) is 13.9. The fourth-order valence-electron chi connectivity index (χ4n) is 2.93. The highest BCUT2D eigenvalue weighted by Crippen LogP contribution is 2.14. The second kappa shape index (κ2) is 8.08. The van der Waals surface area contributed by atoms with Gasteiger partial charge in [-0.05, 0) is 12.5 Å². The molecule has 1 aromatic heterocycles. The normalized spacial score (nSPS) is 16.7. The molecule has 2 aromatic rings. The van der Waals surface area contributed by atoms with Crippen molar-refractivity contribution in [2.45, 2.75) is 19.5 Å². The first-order valence-corrected chi connectivity index (χ1v) is 8.29. The molecular weight excluding hydrogens is 306 g/mol. The van der Waals surface area contributed by atoms with Crippen LogP contribution in [0, 0.1) is 0 Å². The second-order valence-corrected chi connectivity index (χ2v) is 6.07. The van der Waals surface area contributed by atoms with Crippen LogP contribution in [0.5, 0.6) is 0 Å². The summed E-state index contributed by atoms with van der Waals surface area (Å²) in [5.74, 6) is -0.103. The van der Waals surface area contributed by atoms with Crippen molar-refractivity contribution in [3.8, 4) is 0 Å². The summed E-state index contributed by atoms with van der Waals surface area (Å²) >= 11 is 0. The van der Waals surface area contributed by atoms with Crippen LogP contribution in [-0.2, 0) is 11.3 Å². The van der Waals surface area contributed by atoms with E-state index in [9.17, 15) is 4.79 Å². The summed E-state index contributed by atoms with van der Waals surface area (Å²) in [6.45, 7) is 6.77. The van der Waals surface area contributed by atoms with Crippen LogP contribution in [-0.4, -0.2) is 59.8 Å². The lowest BCUT2D eigenvalue weighted by atomic mass is 10.1. The molecule has 3 rings (SSSR count). The number of hydrogen-bond acceptors (Lipinski definition) is 5. The molecule has 0 spiro atoms. The largest absolute Gasteiger partial charge is 0.379 e. The van der Waals surface area contributed by atoms with Crippen LogP contribution in [0.25, 0.3) is 0 Å². The van der Waals surface area contributed by atoms with Crippen LogP contribution in [0.1, 0.15) is 23.0 Å². The van der Waals surface area contributed by atoms with Gasteiger partial charge in [0.2, 0.25) is 0 Å². The van der Waals surface area contributed by atoms with Crippen molar-refractivity contribution in [2.75, 3.05) is 32.8 Å². The van der Waals surface area contributed by atoms with Crippen LogP contribution in [0.4, 0.5) is 0 Å². The second-order valence-electron chi connectivity index (χ2n) is 6.07. The SMILES string of the molecule is CC(CN1CCOCC1)N(Cc1ccccc1)C(=O)c1ccon1. The van der Waals surface area contributed by atoms with Gasteiger partial charge in [-0.3, -0.25) is 9.69 Å². The van der Waals surface area contributed by atoms with E-state index in [2.05, 4.69) is 17.0 Å². The zero-order chi connectivity index (χ0) is 16.8. The van der Waals surface area contributed by atoms with E-state index >= 15 is 0 Å². The first-order chi connectivity index (χ1) is 11.7. The quantitative estimate of drug-likeness (QED) is 0.812. The van der Waals surface area contributed by atoms with E-state index in [1.165, 1.54) is 6.26 Å². The molecule has 1 fully saturated rings. The summed E-state index contributed by atoms with van der Waals surface area (Å²) in [4.78, 5) is 17.1. The summed E-state index contributed by atoms with van der Waals surface area (Å²) in [7, 11) is 0. The number of carbonyl (C=O) groups excluding carboxylic acids is 1. The van der Waals surface area contributed by atoms with E-state index in [0.29, 0.717) is 12.2 Å². The number of morpholine rings is 1. The van der Waals surface area contributed by atoms with Crippen molar-refractivity contribution < 1.29 is 14.1 Å². The Bertz CT molecular complexity index is 624. The Hall–Kier alpha value is -2.18. The molecule has 1 atom stereocenters. The minimum atomic E-state index is -0.103. The van der Waals surface area contributed by atoms with Crippen molar-refractivity contribution in [3.05, 3.63) is 53.9 Å². The third-order valence-corrected chi connectivity index (χ3v) is 4.27. The monoisotopic (exact) mass is 329 g/mol. The third-order valence-electron chi connectivity index (χ3n) is 4.27. The average molecular weight is 329 g/mol. The van der Waals surface area contributed by atoms with Crippen LogP contribution in [0.2, 0.25) is 0 Å². The molecule has 1 aromatic carbocycles. The molecule has 0 radical (unpaired) electrons. The molecule has 128 valence electrons. The predicted molar refractivity (Wildman–Crippen MR) is 89.5 cm³/mol. The first-order valence-electron chi connectivity index (χ1n) is 8.29. The number of aromatic nitrogens is 1. The Morgan fingerprint density at radius 1 is 1.25 bits per heavy atom. The Labute approximate surface area is 142 Å². The van der Waals surface area contributed by atoms with E-state index in [1.807, 2.05) is 35.2 Å². The van der Waals surface area contributed by atoms with Crippen molar-refractivity contribution in [3.63, 3.8) is 0 Å². The highest BCUT2D eigenvalue weighted by Gasteiger charge is 2.26. The maximum absolute atomic E-state index is 12.9. The van der Waals surface area contributed by atoms with Gasteiger partial charge >= 0.3 is 0 Å². The molecule has 24 heavy (non-hydrogen) atoms. The van der Waals surface area contributed by atoms with Gasteiger partial charge in [-0.2, -0.15) is 0 Å². The van der Waals surface area contributed by atoms with E-state index in [4.69, 9.17) is 9.26 Å². The van der Waals surface area contributed by atoms with E-state index in [0.717, 1.165) is 38.4 Å². The summed E-state index contributed by atoms with van der Waals surface area (Å²) < 4.78 is 10.2.